The van der Waals surface area contributed by atoms with Crippen LogP contribution in [0.25, 0.3) is 21.8 Å². The van der Waals surface area contributed by atoms with E-state index in [2.05, 4.69) is 90.6 Å². The van der Waals surface area contributed by atoms with Crippen molar-refractivity contribution >= 4 is 21.8 Å². The van der Waals surface area contributed by atoms with Crippen LogP contribution in [-0.2, 0) is 0 Å². The molecule has 0 spiro atoms. The van der Waals surface area contributed by atoms with Crippen LogP contribution in [-0.4, -0.2) is 9.97 Å². The molecule has 4 aromatic rings. The molecular weight excluding hydrogens is 316 g/mol. The maximum absolute atomic E-state index is 3.60. The third kappa shape index (κ3) is 2.19. The maximum Gasteiger partial charge on any atom is 0.0459 e. The molecule has 2 aromatic carbocycles. The second-order valence-corrected chi connectivity index (χ2v) is 7.23. The Morgan fingerprint density at radius 2 is 1.31 bits per heavy atom. The van der Waals surface area contributed by atoms with Crippen LogP contribution in [0.2, 0.25) is 0 Å². The lowest BCUT2D eigenvalue weighted by Gasteiger charge is -2.21. The molecule has 128 valence electrons. The molecular formula is C24H22N2. The van der Waals surface area contributed by atoms with E-state index < -0.39 is 0 Å². The molecule has 2 nitrogen and oxygen atoms in total. The molecule has 1 aliphatic carbocycles. The van der Waals surface area contributed by atoms with Gasteiger partial charge in [-0.05, 0) is 43.5 Å². The van der Waals surface area contributed by atoms with Crippen LogP contribution < -0.4 is 0 Å². The van der Waals surface area contributed by atoms with E-state index in [1.807, 2.05) is 0 Å². The number of para-hydroxylation sites is 2. The number of rotatable bonds is 3. The first kappa shape index (κ1) is 15.3. The molecule has 0 unspecified atom stereocenters. The van der Waals surface area contributed by atoms with Crippen molar-refractivity contribution in [3.05, 3.63) is 94.8 Å². The van der Waals surface area contributed by atoms with Crippen LogP contribution in [0, 0.1) is 13.8 Å². The predicted octanol–water partition coefficient (Wildman–Crippen LogP) is 6.28. The minimum absolute atomic E-state index is 0.261. The number of allylic oxidation sites excluding steroid dienone is 4. The number of aryl methyl sites for hydroxylation is 2. The summed E-state index contributed by atoms with van der Waals surface area (Å²) in [5.41, 5.74) is 9.22. The van der Waals surface area contributed by atoms with Crippen molar-refractivity contribution in [1.82, 2.24) is 9.97 Å². The van der Waals surface area contributed by atoms with Gasteiger partial charge >= 0.3 is 0 Å². The third-order valence-electron chi connectivity index (χ3n) is 5.63. The summed E-state index contributed by atoms with van der Waals surface area (Å²) in [5.74, 6) is 0.261. The van der Waals surface area contributed by atoms with Gasteiger partial charge in [0, 0.05) is 39.1 Å². The number of hydrogen-bond donors (Lipinski definition) is 2. The van der Waals surface area contributed by atoms with Gasteiger partial charge in [-0.1, -0.05) is 60.2 Å². The van der Waals surface area contributed by atoms with E-state index in [1.165, 1.54) is 49.9 Å². The summed E-state index contributed by atoms with van der Waals surface area (Å²) >= 11 is 0. The fourth-order valence-electron chi connectivity index (χ4n) is 4.53. The van der Waals surface area contributed by atoms with Gasteiger partial charge in [0.15, 0.2) is 0 Å². The summed E-state index contributed by atoms with van der Waals surface area (Å²) in [6.07, 6.45) is 7.77. The zero-order valence-electron chi connectivity index (χ0n) is 15.1. The van der Waals surface area contributed by atoms with Gasteiger partial charge in [-0.3, -0.25) is 0 Å². The van der Waals surface area contributed by atoms with E-state index >= 15 is 0 Å². The zero-order valence-corrected chi connectivity index (χ0v) is 15.1. The van der Waals surface area contributed by atoms with Gasteiger partial charge in [0.05, 0.1) is 0 Å². The maximum atomic E-state index is 3.60. The van der Waals surface area contributed by atoms with Gasteiger partial charge in [-0.2, -0.15) is 0 Å². The second-order valence-electron chi connectivity index (χ2n) is 7.23. The molecule has 0 saturated heterocycles. The van der Waals surface area contributed by atoms with Gasteiger partial charge in [0.2, 0.25) is 0 Å². The van der Waals surface area contributed by atoms with Gasteiger partial charge < -0.3 is 9.97 Å². The average Bonchev–Trinajstić information content (AvgIpc) is 3.35. The summed E-state index contributed by atoms with van der Waals surface area (Å²) in [5, 5.41) is 2.65. The molecule has 1 aliphatic rings. The smallest absolute Gasteiger partial charge is 0.0459 e. The molecule has 2 heteroatoms. The summed E-state index contributed by atoms with van der Waals surface area (Å²) in [6.45, 7) is 4.41. The minimum Gasteiger partial charge on any atom is -0.358 e. The Labute approximate surface area is 153 Å². The summed E-state index contributed by atoms with van der Waals surface area (Å²) in [4.78, 5) is 7.21. The van der Waals surface area contributed by atoms with Crippen LogP contribution in [0.15, 0.2) is 72.3 Å². The summed E-state index contributed by atoms with van der Waals surface area (Å²) < 4.78 is 0. The Hall–Kier alpha value is -3.00. The van der Waals surface area contributed by atoms with Gasteiger partial charge in [0.25, 0.3) is 0 Å². The first-order valence-corrected chi connectivity index (χ1v) is 9.24. The molecule has 0 fully saturated rings. The van der Waals surface area contributed by atoms with Crippen LogP contribution in [0.1, 0.15) is 34.9 Å². The standard InChI is InChI=1S/C24H22N2/c1-15-22(18-11-5-7-13-20(18)25-15)24(17-9-3-4-10-17)23-16(2)26-21-14-8-6-12-19(21)23/h3-9,11-14,24-26H,10H2,1-2H3. The van der Waals surface area contributed by atoms with Crippen LogP contribution in [0.4, 0.5) is 0 Å². The van der Waals surface area contributed by atoms with E-state index in [4.69, 9.17) is 0 Å². The molecule has 2 N–H and O–H groups in total. The molecule has 2 heterocycles. The number of H-pyrrole nitrogens is 2. The van der Waals surface area contributed by atoms with Crippen LogP contribution >= 0.6 is 0 Å². The highest BCUT2D eigenvalue weighted by molar-refractivity contribution is 5.90. The normalized spacial score (nSPS) is 14.0. The predicted molar refractivity (Wildman–Crippen MR) is 110 cm³/mol. The second kappa shape index (κ2) is 5.77. The molecule has 0 radical (unpaired) electrons. The number of aromatic amines is 2. The van der Waals surface area contributed by atoms with Crippen molar-refractivity contribution in [3.63, 3.8) is 0 Å². The Morgan fingerprint density at radius 3 is 1.81 bits per heavy atom. The lowest BCUT2D eigenvalue weighted by atomic mass is 9.81. The summed E-state index contributed by atoms with van der Waals surface area (Å²) in [7, 11) is 0. The SMILES string of the molecule is Cc1[nH]c2ccccc2c1C(C1=CC=CC1)c1c(C)[nH]c2ccccc12. The van der Waals surface area contributed by atoms with Gasteiger partial charge in [-0.25, -0.2) is 0 Å². The molecule has 5 rings (SSSR count). The molecule has 0 saturated carbocycles. The Morgan fingerprint density at radius 1 is 0.769 bits per heavy atom. The molecule has 0 amide bonds. The Bertz CT molecular complexity index is 1100. The highest BCUT2D eigenvalue weighted by Crippen LogP contribution is 2.44. The molecule has 0 atom stereocenters. The van der Waals surface area contributed by atoms with Crippen molar-refractivity contribution in [3.8, 4) is 0 Å². The lowest BCUT2D eigenvalue weighted by Crippen LogP contribution is -2.06. The fourth-order valence-corrected chi connectivity index (χ4v) is 4.53. The average molecular weight is 338 g/mol. The summed E-state index contributed by atoms with van der Waals surface area (Å²) in [6, 6.07) is 17.3. The number of benzene rings is 2. The molecule has 0 bridgehead atoms. The number of hydrogen-bond acceptors (Lipinski definition) is 0. The first-order valence-electron chi connectivity index (χ1n) is 9.24. The quantitative estimate of drug-likeness (QED) is 0.440. The number of aromatic nitrogens is 2. The minimum atomic E-state index is 0.261. The highest BCUT2D eigenvalue weighted by atomic mass is 14.7. The topological polar surface area (TPSA) is 31.6 Å². The van der Waals surface area contributed by atoms with E-state index in [9.17, 15) is 0 Å². The van der Waals surface area contributed by atoms with Crippen molar-refractivity contribution in [1.29, 1.82) is 0 Å². The van der Waals surface area contributed by atoms with E-state index in [-0.39, 0.29) is 5.92 Å². The number of nitrogens with one attached hydrogen (secondary N) is 2. The molecule has 0 aliphatic heterocycles. The van der Waals surface area contributed by atoms with Crippen LogP contribution in [0.3, 0.4) is 0 Å². The largest absolute Gasteiger partial charge is 0.358 e. The number of fused-ring (bicyclic) bond motifs is 2. The monoisotopic (exact) mass is 338 g/mol. The lowest BCUT2D eigenvalue weighted by molar-refractivity contribution is 0.911. The van der Waals surface area contributed by atoms with E-state index in [1.54, 1.807) is 0 Å². The van der Waals surface area contributed by atoms with Gasteiger partial charge in [0.1, 0.15) is 0 Å². The van der Waals surface area contributed by atoms with Crippen molar-refractivity contribution in [2.24, 2.45) is 0 Å². The van der Waals surface area contributed by atoms with Crippen LogP contribution in [0.5, 0.6) is 0 Å². The Balaban J connectivity index is 1.84. The first-order chi connectivity index (χ1) is 12.7. The van der Waals surface area contributed by atoms with Crippen molar-refractivity contribution < 1.29 is 0 Å². The fraction of sp³-hybridized carbons (Fsp3) is 0.167. The van der Waals surface area contributed by atoms with Gasteiger partial charge in [-0.15, -0.1) is 0 Å². The highest BCUT2D eigenvalue weighted by Gasteiger charge is 2.28. The van der Waals surface area contributed by atoms with E-state index in [0.717, 1.165) is 6.42 Å². The zero-order chi connectivity index (χ0) is 17.7. The molecule has 2 aromatic heterocycles. The third-order valence-corrected chi connectivity index (χ3v) is 5.63. The Kier molecular flexibility index (Phi) is 3.39. The van der Waals surface area contributed by atoms with Crippen molar-refractivity contribution in [2.75, 3.05) is 0 Å². The van der Waals surface area contributed by atoms with E-state index in [0.29, 0.717) is 0 Å². The van der Waals surface area contributed by atoms with Crippen molar-refractivity contribution in [2.45, 2.75) is 26.2 Å². The molecule has 26 heavy (non-hydrogen) atoms.